The smallest absolute Gasteiger partial charge is 0.251 e. The molecule has 0 aliphatic heterocycles. The summed E-state index contributed by atoms with van der Waals surface area (Å²) in [5.74, 6) is -0.336. The fourth-order valence-electron chi connectivity index (χ4n) is 1.46. The van der Waals surface area contributed by atoms with E-state index < -0.39 is 6.43 Å². The predicted octanol–water partition coefficient (Wildman–Crippen LogP) is 2.02. The molecule has 0 bridgehead atoms. The van der Waals surface area contributed by atoms with E-state index in [1.165, 1.54) is 17.0 Å². The van der Waals surface area contributed by atoms with Crippen LogP contribution in [0.5, 0.6) is 0 Å². The Labute approximate surface area is 92.9 Å². The fraction of sp³-hybridized carbons (Fsp3) is 0.455. The van der Waals surface area contributed by atoms with Gasteiger partial charge in [0, 0.05) is 12.6 Å². The number of alkyl halides is 2. The Morgan fingerprint density at radius 3 is 2.25 bits per heavy atom. The first-order valence-corrected chi connectivity index (χ1v) is 4.96. The first-order valence-electron chi connectivity index (χ1n) is 4.96. The lowest BCUT2D eigenvalue weighted by molar-refractivity contribution is 0.0978. The van der Waals surface area contributed by atoms with Crippen molar-refractivity contribution in [2.75, 3.05) is 20.1 Å². The molecule has 0 saturated heterocycles. The number of hydrogen-bond donors (Lipinski definition) is 1. The van der Waals surface area contributed by atoms with Crippen molar-refractivity contribution in [1.29, 1.82) is 0 Å². The summed E-state index contributed by atoms with van der Waals surface area (Å²) < 4.78 is 36.8. The van der Waals surface area contributed by atoms with Gasteiger partial charge in [-0.05, 0) is 24.7 Å². The van der Waals surface area contributed by atoms with Crippen LogP contribution in [0, 0.1) is 5.82 Å². The van der Waals surface area contributed by atoms with Crippen molar-refractivity contribution < 1.29 is 13.2 Å². The number of nitrogens with two attached hydrogens (primary N) is 1. The van der Waals surface area contributed by atoms with E-state index in [1.807, 2.05) is 0 Å². The molecule has 1 unspecified atom stereocenters. The lowest BCUT2D eigenvalue weighted by Crippen LogP contribution is -2.32. The van der Waals surface area contributed by atoms with E-state index in [9.17, 15) is 13.2 Å². The van der Waals surface area contributed by atoms with Crippen LogP contribution in [0.2, 0.25) is 0 Å². The minimum Gasteiger partial charge on any atom is -0.323 e. The summed E-state index contributed by atoms with van der Waals surface area (Å²) in [5.41, 5.74) is 6.55. The maximum absolute atomic E-state index is 12.6. The molecule has 2 nitrogen and oxygen atoms in total. The molecule has 0 aliphatic rings. The van der Waals surface area contributed by atoms with Gasteiger partial charge < -0.3 is 5.73 Å². The normalized spacial score (nSPS) is 13.4. The summed E-state index contributed by atoms with van der Waals surface area (Å²) in [6.45, 7) is 0.00483. The number of hydrogen-bond acceptors (Lipinski definition) is 2. The van der Waals surface area contributed by atoms with Crippen molar-refractivity contribution >= 4 is 0 Å². The first-order chi connectivity index (χ1) is 7.49. The molecule has 1 aromatic rings. The van der Waals surface area contributed by atoms with Crippen LogP contribution >= 0.6 is 0 Å². The van der Waals surface area contributed by atoms with Crippen molar-refractivity contribution in [3.05, 3.63) is 35.6 Å². The van der Waals surface area contributed by atoms with E-state index in [0.717, 1.165) is 5.56 Å². The van der Waals surface area contributed by atoms with Gasteiger partial charge in [0.25, 0.3) is 6.43 Å². The molecule has 0 spiro atoms. The number of nitrogens with zero attached hydrogens (tertiary/aromatic N) is 1. The van der Waals surface area contributed by atoms with E-state index in [0.29, 0.717) is 6.54 Å². The number of rotatable bonds is 5. The highest BCUT2D eigenvalue weighted by molar-refractivity contribution is 5.19. The van der Waals surface area contributed by atoms with Gasteiger partial charge in [0.2, 0.25) is 0 Å². The molecule has 0 fully saturated rings. The minimum atomic E-state index is -2.37. The Bertz CT molecular complexity index is 314. The summed E-state index contributed by atoms with van der Waals surface area (Å²) in [5, 5.41) is 0. The Kier molecular flexibility index (Phi) is 4.76. The topological polar surface area (TPSA) is 29.3 Å². The largest absolute Gasteiger partial charge is 0.323 e. The lowest BCUT2D eigenvalue weighted by Gasteiger charge is -2.21. The van der Waals surface area contributed by atoms with Crippen LogP contribution in [0.3, 0.4) is 0 Å². The van der Waals surface area contributed by atoms with E-state index >= 15 is 0 Å². The zero-order valence-electron chi connectivity index (χ0n) is 9.04. The maximum atomic E-state index is 12.6. The second-order valence-electron chi connectivity index (χ2n) is 3.77. The zero-order valence-corrected chi connectivity index (χ0v) is 9.04. The van der Waals surface area contributed by atoms with Gasteiger partial charge in [-0.3, -0.25) is 4.90 Å². The SMILES string of the molecule is CN(CC(F)F)CC(N)c1ccc(F)cc1. The van der Waals surface area contributed by atoms with Gasteiger partial charge in [0.05, 0.1) is 6.54 Å². The molecule has 2 N–H and O–H groups in total. The first kappa shape index (κ1) is 13.0. The summed E-state index contributed by atoms with van der Waals surface area (Å²) in [4.78, 5) is 1.46. The Balaban J connectivity index is 2.51. The van der Waals surface area contributed by atoms with E-state index in [4.69, 9.17) is 5.73 Å². The fourth-order valence-corrected chi connectivity index (χ4v) is 1.46. The molecule has 0 heterocycles. The quantitative estimate of drug-likeness (QED) is 0.841. The zero-order chi connectivity index (χ0) is 12.1. The lowest BCUT2D eigenvalue weighted by atomic mass is 10.1. The van der Waals surface area contributed by atoms with Crippen LogP contribution in [0.25, 0.3) is 0 Å². The van der Waals surface area contributed by atoms with E-state index in [-0.39, 0.29) is 18.4 Å². The van der Waals surface area contributed by atoms with Gasteiger partial charge in [-0.2, -0.15) is 0 Å². The van der Waals surface area contributed by atoms with Crippen LogP contribution in [-0.4, -0.2) is 31.5 Å². The standard InChI is InChI=1S/C11H15F3N2/c1-16(7-11(13)14)6-10(15)8-2-4-9(12)5-3-8/h2-5,10-11H,6-7,15H2,1H3. The molecule has 1 aromatic carbocycles. The average molecular weight is 232 g/mol. The highest BCUT2D eigenvalue weighted by Gasteiger charge is 2.12. The minimum absolute atomic E-state index is 0.311. The van der Waals surface area contributed by atoms with E-state index in [1.54, 1.807) is 19.2 Å². The molecule has 1 atom stereocenters. The molecule has 16 heavy (non-hydrogen) atoms. The molecule has 0 saturated carbocycles. The van der Waals surface area contributed by atoms with Gasteiger partial charge >= 0.3 is 0 Å². The Morgan fingerprint density at radius 2 is 1.75 bits per heavy atom. The average Bonchev–Trinajstić information content (AvgIpc) is 2.16. The van der Waals surface area contributed by atoms with Crippen molar-refractivity contribution in [2.45, 2.75) is 12.5 Å². The van der Waals surface area contributed by atoms with Crippen LogP contribution in [-0.2, 0) is 0 Å². The van der Waals surface area contributed by atoms with Gasteiger partial charge in [0.1, 0.15) is 5.82 Å². The third kappa shape index (κ3) is 4.20. The molecular formula is C11H15F3N2. The van der Waals surface area contributed by atoms with Gasteiger partial charge in [0.15, 0.2) is 0 Å². The summed E-state index contributed by atoms with van der Waals surface area (Å²) >= 11 is 0. The third-order valence-corrected chi connectivity index (χ3v) is 2.26. The molecule has 0 amide bonds. The Morgan fingerprint density at radius 1 is 1.19 bits per heavy atom. The van der Waals surface area contributed by atoms with Crippen molar-refractivity contribution in [3.8, 4) is 0 Å². The molecule has 0 aromatic heterocycles. The maximum Gasteiger partial charge on any atom is 0.251 e. The molecule has 5 heteroatoms. The van der Waals surface area contributed by atoms with Crippen LogP contribution < -0.4 is 5.73 Å². The third-order valence-electron chi connectivity index (χ3n) is 2.26. The number of halogens is 3. The second-order valence-corrected chi connectivity index (χ2v) is 3.77. The summed E-state index contributed by atoms with van der Waals surface area (Å²) in [6.07, 6.45) is -2.37. The number of likely N-dealkylation sites (N-methyl/N-ethyl adjacent to an activating group) is 1. The van der Waals surface area contributed by atoms with Gasteiger partial charge in [-0.25, -0.2) is 13.2 Å². The summed E-state index contributed by atoms with van der Waals surface area (Å²) in [6, 6.07) is 5.36. The van der Waals surface area contributed by atoms with Crippen molar-refractivity contribution in [2.24, 2.45) is 5.73 Å². The van der Waals surface area contributed by atoms with Gasteiger partial charge in [-0.15, -0.1) is 0 Å². The van der Waals surface area contributed by atoms with Crippen LogP contribution in [0.4, 0.5) is 13.2 Å². The van der Waals surface area contributed by atoms with Crippen molar-refractivity contribution in [1.82, 2.24) is 4.90 Å². The monoisotopic (exact) mass is 232 g/mol. The second kappa shape index (κ2) is 5.86. The molecular weight excluding hydrogens is 217 g/mol. The molecule has 1 rings (SSSR count). The molecule has 90 valence electrons. The van der Waals surface area contributed by atoms with E-state index in [2.05, 4.69) is 0 Å². The van der Waals surface area contributed by atoms with Crippen LogP contribution in [0.1, 0.15) is 11.6 Å². The predicted molar refractivity (Wildman–Crippen MR) is 56.8 cm³/mol. The Hall–Kier alpha value is -1.07. The van der Waals surface area contributed by atoms with Gasteiger partial charge in [-0.1, -0.05) is 12.1 Å². The van der Waals surface area contributed by atoms with Crippen LogP contribution in [0.15, 0.2) is 24.3 Å². The van der Waals surface area contributed by atoms with Crippen molar-refractivity contribution in [3.63, 3.8) is 0 Å². The molecule has 0 aliphatic carbocycles. The number of benzene rings is 1. The summed E-state index contributed by atoms with van der Waals surface area (Å²) in [7, 11) is 1.58. The highest BCUT2D eigenvalue weighted by Crippen LogP contribution is 2.12. The highest BCUT2D eigenvalue weighted by atomic mass is 19.3. The molecule has 0 radical (unpaired) electrons.